The number of hydrogen-bond donors (Lipinski definition) is 2. The topological polar surface area (TPSA) is 73.4 Å². The Balaban J connectivity index is -0.00000131. The van der Waals surface area contributed by atoms with Crippen LogP contribution < -0.4 is 45.8 Å². The summed E-state index contributed by atoms with van der Waals surface area (Å²) in [6.45, 7) is 13.0. The summed E-state index contributed by atoms with van der Waals surface area (Å²) in [4.78, 5) is 0. The molecular formula is C27H60Br2N2O. The van der Waals surface area contributed by atoms with E-state index >= 15 is 0 Å². The lowest BCUT2D eigenvalue weighted by Crippen LogP contribution is -3.00. The molecule has 0 saturated carbocycles. The van der Waals surface area contributed by atoms with Crippen LogP contribution in [0.4, 0.5) is 0 Å². The number of rotatable bonds is 21. The van der Waals surface area contributed by atoms with Gasteiger partial charge in [-0.05, 0) is 58.4 Å². The fourth-order valence-electron chi connectivity index (χ4n) is 4.08. The molecule has 0 bridgehead atoms. The highest BCUT2D eigenvalue weighted by Gasteiger charge is 2.20. The zero-order valence-electron chi connectivity index (χ0n) is 22.8. The van der Waals surface area contributed by atoms with Crippen LogP contribution >= 0.6 is 0 Å². The van der Waals surface area contributed by atoms with Crippen LogP contribution in [0.15, 0.2) is 11.6 Å². The molecule has 0 aliphatic carbocycles. The Morgan fingerprint density at radius 3 is 1.66 bits per heavy atom. The predicted molar refractivity (Wildman–Crippen MR) is 136 cm³/mol. The molecule has 0 aromatic rings. The minimum absolute atomic E-state index is 0. The molecule has 5 heteroatoms. The van der Waals surface area contributed by atoms with E-state index in [-0.39, 0.29) is 45.7 Å². The average molecular weight is 589 g/mol. The zero-order chi connectivity index (χ0) is 21.8. The molecule has 0 aliphatic heterocycles. The maximum atomic E-state index is 6.26. The van der Waals surface area contributed by atoms with Crippen molar-refractivity contribution in [2.45, 2.75) is 143 Å². The molecule has 0 heterocycles. The van der Waals surface area contributed by atoms with E-state index in [1.807, 2.05) is 0 Å². The van der Waals surface area contributed by atoms with Crippen molar-refractivity contribution in [2.24, 2.45) is 5.92 Å². The highest BCUT2D eigenvalue weighted by molar-refractivity contribution is 5.09. The molecule has 198 valence electrons. The summed E-state index contributed by atoms with van der Waals surface area (Å²) in [6, 6.07) is 0. The zero-order valence-corrected chi connectivity index (χ0v) is 25.9. The van der Waals surface area contributed by atoms with E-state index in [9.17, 15) is 0 Å². The normalized spacial score (nSPS) is 12.5. The van der Waals surface area contributed by atoms with E-state index in [1.165, 1.54) is 108 Å². The Morgan fingerprint density at radius 1 is 0.781 bits per heavy atom. The van der Waals surface area contributed by atoms with E-state index in [0.717, 1.165) is 19.1 Å². The molecule has 32 heavy (non-hydrogen) atoms. The van der Waals surface area contributed by atoms with Crippen molar-refractivity contribution in [1.29, 1.82) is 0 Å². The highest BCUT2D eigenvalue weighted by Crippen LogP contribution is 2.25. The van der Waals surface area contributed by atoms with Crippen LogP contribution in [0, 0.1) is 5.92 Å². The Morgan fingerprint density at radius 2 is 1.22 bits per heavy atom. The monoisotopic (exact) mass is 586 g/mol. The fourth-order valence-corrected chi connectivity index (χ4v) is 4.08. The number of ether oxygens (including phenoxy) is 1. The first kappa shape index (κ1) is 39.8. The van der Waals surface area contributed by atoms with Crippen molar-refractivity contribution in [3.05, 3.63) is 11.6 Å². The minimum Gasteiger partial charge on any atom is -1.00 e. The van der Waals surface area contributed by atoms with E-state index < -0.39 is 0 Å². The molecule has 0 aliphatic rings. The van der Waals surface area contributed by atoms with Gasteiger partial charge in [0, 0.05) is 6.61 Å². The lowest BCUT2D eigenvalue weighted by molar-refractivity contribution is -0.368. The molecule has 0 rings (SSSR count). The highest BCUT2D eigenvalue weighted by atomic mass is 79.9. The van der Waals surface area contributed by atoms with Crippen LogP contribution in [0.2, 0.25) is 0 Å². The van der Waals surface area contributed by atoms with Gasteiger partial charge in [-0.3, -0.25) is 0 Å². The van der Waals surface area contributed by atoms with Crippen molar-refractivity contribution < 1.29 is 44.4 Å². The predicted octanol–water partition coefficient (Wildman–Crippen LogP) is 2.25. The van der Waals surface area contributed by atoms with Gasteiger partial charge >= 0.3 is 0 Å². The van der Waals surface area contributed by atoms with Gasteiger partial charge in [-0.25, -0.2) is 0 Å². The second kappa shape index (κ2) is 27.8. The summed E-state index contributed by atoms with van der Waals surface area (Å²) in [5, 5.41) is 0. The van der Waals surface area contributed by atoms with Gasteiger partial charge in [-0.2, -0.15) is 0 Å². The third kappa shape index (κ3) is 23.7. The maximum Gasteiger partial charge on any atom is 0.0832 e. The van der Waals surface area contributed by atoms with Crippen molar-refractivity contribution >= 4 is 0 Å². The van der Waals surface area contributed by atoms with Crippen LogP contribution in [0.5, 0.6) is 0 Å². The number of unbranched alkanes of at least 4 members (excludes halogenated alkanes) is 11. The van der Waals surface area contributed by atoms with Gasteiger partial charge in [0.15, 0.2) is 0 Å². The Bertz CT molecular complexity index is 390. The SMILES string of the molecule is C/C=C(\C)C(C)(C)OCCC(CCCCC[NH3+])CCCCCCCCCCCC.[Br-].[Br-].[NH4+]. The summed E-state index contributed by atoms with van der Waals surface area (Å²) >= 11 is 0. The second-order valence-corrected chi connectivity index (χ2v) is 9.66. The third-order valence-corrected chi connectivity index (χ3v) is 6.70. The molecule has 1 unspecified atom stereocenters. The largest absolute Gasteiger partial charge is 1.00 e. The van der Waals surface area contributed by atoms with Gasteiger partial charge in [0.05, 0.1) is 12.1 Å². The molecule has 1 atom stereocenters. The first-order chi connectivity index (χ1) is 14.0. The summed E-state index contributed by atoms with van der Waals surface area (Å²) in [5.74, 6) is 0.843. The number of hydrogen-bond acceptors (Lipinski definition) is 1. The summed E-state index contributed by atoms with van der Waals surface area (Å²) in [7, 11) is 0. The van der Waals surface area contributed by atoms with Crippen molar-refractivity contribution in [2.75, 3.05) is 13.2 Å². The standard InChI is InChI=1S/C27H55NO.2BrH.H3N/c1-6-8-9-10-11-12-13-14-15-17-20-26(21-18-16-19-23-28)22-24-29-27(4,5)25(3)7-2;;;/h7,26H,6,8-24,28H2,1-5H3;2*1H;1H3/b25-7+;;;. The third-order valence-electron chi connectivity index (χ3n) is 6.70. The molecule has 0 aromatic heterocycles. The quantitative estimate of drug-likeness (QED) is 0.157. The van der Waals surface area contributed by atoms with Crippen LogP contribution in [0.3, 0.4) is 0 Å². The smallest absolute Gasteiger partial charge is 0.0832 e. The van der Waals surface area contributed by atoms with Crippen LogP contribution in [0.25, 0.3) is 0 Å². The average Bonchev–Trinajstić information content (AvgIpc) is 2.71. The van der Waals surface area contributed by atoms with Crippen molar-refractivity contribution in [3.63, 3.8) is 0 Å². The fraction of sp³-hybridized carbons (Fsp3) is 0.926. The molecule has 0 aromatic carbocycles. The van der Waals surface area contributed by atoms with E-state index in [1.54, 1.807) is 0 Å². The van der Waals surface area contributed by atoms with Gasteiger partial charge in [0.25, 0.3) is 0 Å². The summed E-state index contributed by atoms with van der Waals surface area (Å²) in [6.07, 6.45) is 24.5. The van der Waals surface area contributed by atoms with Crippen molar-refractivity contribution in [1.82, 2.24) is 6.15 Å². The van der Waals surface area contributed by atoms with Crippen LogP contribution in [-0.2, 0) is 4.74 Å². The molecular weight excluding hydrogens is 528 g/mol. The molecule has 0 saturated heterocycles. The number of quaternary nitrogens is 2. The van der Waals surface area contributed by atoms with E-state index in [0.29, 0.717) is 0 Å². The Labute approximate surface area is 223 Å². The van der Waals surface area contributed by atoms with Gasteiger partial charge in [0.1, 0.15) is 0 Å². The number of allylic oxidation sites excluding steroid dienone is 1. The molecule has 0 radical (unpaired) electrons. The van der Waals surface area contributed by atoms with Gasteiger partial charge in [-0.15, -0.1) is 0 Å². The van der Waals surface area contributed by atoms with Crippen LogP contribution in [0.1, 0.15) is 137 Å². The summed E-state index contributed by atoms with van der Waals surface area (Å²) in [5.41, 5.74) is 5.20. The number of halogens is 2. The lowest BCUT2D eigenvalue weighted by atomic mass is 9.91. The van der Waals surface area contributed by atoms with Crippen molar-refractivity contribution in [3.8, 4) is 0 Å². The maximum absolute atomic E-state index is 6.26. The van der Waals surface area contributed by atoms with Gasteiger partial charge < -0.3 is 50.6 Å². The van der Waals surface area contributed by atoms with Gasteiger partial charge in [-0.1, -0.05) is 96.5 Å². The molecule has 0 spiro atoms. The molecule has 7 N–H and O–H groups in total. The summed E-state index contributed by atoms with van der Waals surface area (Å²) < 4.78 is 6.26. The lowest BCUT2D eigenvalue weighted by Gasteiger charge is -2.28. The van der Waals surface area contributed by atoms with E-state index in [4.69, 9.17) is 4.74 Å². The minimum atomic E-state index is -0.121. The molecule has 3 nitrogen and oxygen atoms in total. The van der Waals surface area contributed by atoms with Gasteiger partial charge in [0.2, 0.25) is 0 Å². The Kier molecular flexibility index (Phi) is 34.6. The molecule has 0 fully saturated rings. The first-order valence-electron chi connectivity index (χ1n) is 13.0. The molecule has 0 amide bonds. The first-order valence-corrected chi connectivity index (χ1v) is 13.0. The van der Waals surface area contributed by atoms with Crippen LogP contribution in [-0.4, -0.2) is 18.8 Å². The van der Waals surface area contributed by atoms with E-state index in [2.05, 4.69) is 46.4 Å². The Hall–Kier alpha value is 0.580. The second-order valence-electron chi connectivity index (χ2n) is 9.66.